The summed E-state index contributed by atoms with van der Waals surface area (Å²) in [4.78, 5) is 14.6. The molecule has 5 rings (SSSR count). The van der Waals surface area contributed by atoms with Crippen molar-refractivity contribution in [1.82, 2.24) is 9.47 Å². The Balaban J connectivity index is 1.50. The van der Waals surface area contributed by atoms with Crippen molar-refractivity contribution in [2.45, 2.75) is 33.4 Å². The fourth-order valence-electron chi connectivity index (χ4n) is 4.99. The molecule has 0 unspecified atom stereocenters. The van der Waals surface area contributed by atoms with Crippen LogP contribution in [-0.4, -0.2) is 22.1 Å². The van der Waals surface area contributed by atoms with Gasteiger partial charge in [0.25, 0.3) is 0 Å². The molecule has 2 heterocycles. The van der Waals surface area contributed by atoms with Gasteiger partial charge in [-0.25, -0.2) is 4.79 Å². The molecule has 0 fully saturated rings. The first-order chi connectivity index (χ1) is 14.6. The molecule has 4 heteroatoms. The zero-order chi connectivity index (χ0) is 20.8. The molecule has 0 bridgehead atoms. The van der Waals surface area contributed by atoms with Gasteiger partial charge in [-0.1, -0.05) is 48.5 Å². The summed E-state index contributed by atoms with van der Waals surface area (Å²) in [5, 5.41) is 2.59. The number of benzene rings is 3. The SMILES string of the molecule is Cc1c2c(c(C)c3c1c1ccccc1n3C)CCN(C(=O)OCc1ccccc1)C2. The monoisotopic (exact) mass is 398 g/mol. The summed E-state index contributed by atoms with van der Waals surface area (Å²) in [6, 6.07) is 18.4. The largest absolute Gasteiger partial charge is 0.445 e. The highest BCUT2D eigenvalue weighted by atomic mass is 16.6. The Morgan fingerprint density at radius 2 is 1.70 bits per heavy atom. The van der Waals surface area contributed by atoms with Crippen LogP contribution in [0.4, 0.5) is 4.79 Å². The van der Waals surface area contributed by atoms with E-state index in [1.807, 2.05) is 35.2 Å². The summed E-state index contributed by atoms with van der Waals surface area (Å²) in [6.07, 6.45) is 0.625. The van der Waals surface area contributed by atoms with Crippen LogP contribution in [0.2, 0.25) is 0 Å². The molecule has 0 saturated carbocycles. The van der Waals surface area contributed by atoms with E-state index >= 15 is 0 Å². The first kappa shape index (κ1) is 18.7. The predicted octanol–water partition coefficient (Wildman–Crippen LogP) is 5.64. The highest BCUT2D eigenvalue weighted by molar-refractivity contribution is 6.11. The number of carbonyl (C=O) groups excluding carboxylic acids is 1. The van der Waals surface area contributed by atoms with Crippen LogP contribution in [0.3, 0.4) is 0 Å². The first-order valence-corrected chi connectivity index (χ1v) is 10.5. The van der Waals surface area contributed by atoms with Crippen LogP contribution in [0.1, 0.15) is 27.8 Å². The van der Waals surface area contributed by atoms with Crippen molar-refractivity contribution in [2.75, 3.05) is 6.54 Å². The van der Waals surface area contributed by atoms with Gasteiger partial charge in [0.05, 0.1) is 5.52 Å². The quantitative estimate of drug-likeness (QED) is 0.438. The van der Waals surface area contributed by atoms with Crippen LogP contribution >= 0.6 is 0 Å². The molecule has 0 N–H and O–H groups in total. The van der Waals surface area contributed by atoms with Crippen molar-refractivity contribution in [3.05, 3.63) is 82.4 Å². The average Bonchev–Trinajstić information content (AvgIpc) is 3.09. The van der Waals surface area contributed by atoms with Gasteiger partial charge >= 0.3 is 6.09 Å². The molecular formula is C26H26N2O2. The Kier molecular flexibility index (Phi) is 4.50. The normalized spacial score (nSPS) is 13.6. The lowest BCUT2D eigenvalue weighted by molar-refractivity contribution is 0.0918. The maximum absolute atomic E-state index is 12.8. The molecule has 0 spiro atoms. The van der Waals surface area contributed by atoms with Crippen LogP contribution in [0.25, 0.3) is 21.8 Å². The van der Waals surface area contributed by atoms with Crippen molar-refractivity contribution in [2.24, 2.45) is 7.05 Å². The van der Waals surface area contributed by atoms with Crippen molar-refractivity contribution in [1.29, 1.82) is 0 Å². The Morgan fingerprint density at radius 3 is 2.50 bits per heavy atom. The zero-order valence-electron chi connectivity index (χ0n) is 17.7. The Bertz CT molecular complexity index is 1270. The summed E-state index contributed by atoms with van der Waals surface area (Å²) < 4.78 is 7.91. The Labute approximate surface area is 176 Å². The highest BCUT2D eigenvalue weighted by Gasteiger charge is 2.27. The smallest absolute Gasteiger partial charge is 0.410 e. The number of rotatable bonds is 2. The lowest BCUT2D eigenvalue weighted by Crippen LogP contribution is -2.37. The molecule has 0 radical (unpaired) electrons. The Hall–Kier alpha value is -3.27. The summed E-state index contributed by atoms with van der Waals surface area (Å²) in [6.45, 7) is 6.03. The lowest BCUT2D eigenvalue weighted by Gasteiger charge is -2.31. The van der Waals surface area contributed by atoms with Gasteiger partial charge in [0.2, 0.25) is 0 Å². The maximum Gasteiger partial charge on any atom is 0.410 e. The van der Waals surface area contributed by atoms with Gasteiger partial charge in [0.15, 0.2) is 0 Å². The van der Waals surface area contributed by atoms with E-state index in [9.17, 15) is 4.79 Å². The number of nitrogens with zero attached hydrogens (tertiary/aromatic N) is 2. The van der Waals surface area contributed by atoms with Crippen molar-refractivity contribution in [3.8, 4) is 0 Å². The molecule has 1 aromatic heterocycles. The molecule has 0 aliphatic carbocycles. The van der Waals surface area contributed by atoms with Crippen LogP contribution in [0, 0.1) is 13.8 Å². The lowest BCUT2D eigenvalue weighted by atomic mass is 9.88. The number of aromatic nitrogens is 1. The fraction of sp³-hybridized carbons (Fsp3) is 0.269. The van der Waals surface area contributed by atoms with Gasteiger partial charge in [-0.2, -0.15) is 0 Å². The van der Waals surface area contributed by atoms with E-state index in [0.29, 0.717) is 19.7 Å². The van der Waals surface area contributed by atoms with Gasteiger partial charge in [0.1, 0.15) is 6.61 Å². The van der Waals surface area contributed by atoms with E-state index in [-0.39, 0.29) is 6.09 Å². The molecular weight excluding hydrogens is 372 g/mol. The second kappa shape index (κ2) is 7.21. The van der Waals surface area contributed by atoms with E-state index in [1.54, 1.807) is 0 Å². The molecule has 4 nitrogen and oxygen atoms in total. The number of hydrogen-bond acceptors (Lipinski definition) is 2. The summed E-state index contributed by atoms with van der Waals surface area (Å²) in [5.74, 6) is 0. The van der Waals surface area contributed by atoms with Gasteiger partial charge in [-0.15, -0.1) is 0 Å². The second-order valence-electron chi connectivity index (χ2n) is 8.22. The summed E-state index contributed by atoms with van der Waals surface area (Å²) in [5.41, 5.74) is 8.85. The van der Waals surface area contributed by atoms with Crippen molar-refractivity contribution >= 4 is 27.9 Å². The van der Waals surface area contributed by atoms with Gasteiger partial charge < -0.3 is 14.2 Å². The summed E-state index contributed by atoms with van der Waals surface area (Å²) in [7, 11) is 2.15. The number of aryl methyl sites for hydroxylation is 3. The minimum atomic E-state index is -0.237. The van der Waals surface area contributed by atoms with Gasteiger partial charge in [0, 0.05) is 36.4 Å². The van der Waals surface area contributed by atoms with Gasteiger partial charge in [-0.05, 0) is 54.2 Å². The standard InChI is InChI=1S/C26H26N2O2/c1-17-22-15-28(26(29)30-16-19-9-5-4-6-10-19)14-13-20(22)18(2)25-24(17)21-11-7-8-12-23(21)27(25)3/h4-12H,13-16H2,1-3H3. The third-order valence-corrected chi connectivity index (χ3v) is 6.55. The first-order valence-electron chi connectivity index (χ1n) is 10.5. The number of para-hydroxylation sites is 1. The Morgan fingerprint density at radius 1 is 0.967 bits per heavy atom. The molecule has 4 aromatic rings. The third-order valence-electron chi connectivity index (χ3n) is 6.55. The molecule has 152 valence electrons. The number of amides is 1. The van der Waals surface area contributed by atoms with E-state index in [4.69, 9.17) is 4.74 Å². The van der Waals surface area contributed by atoms with Crippen LogP contribution < -0.4 is 0 Å². The maximum atomic E-state index is 12.8. The molecule has 30 heavy (non-hydrogen) atoms. The van der Waals surface area contributed by atoms with E-state index < -0.39 is 0 Å². The van der Waals surface area contributed by atoms with E-state index in [1.165, 1.54) is 44.1 Å². The van der Waals surface area contributed by atoms with Crippen LogP contribution in [0.15, 0.2) is 54.6 Å². The van der Waals surface area contributed by atoms with Crippen LogP contribution in [0.5, 0.6) is 0 Å². The van der Waals surface area contributed by atoms with Gasteiger partial charge in [-0.3, -0.25) is 0 Å². The molecule has 0 atom stereocenters. The zero-order valence-corrected chi connectivity index (χ0v) is 17.7. The topological polar surface area (TPSA) is 34.5 Å². The van der Waals surface area contributed by atoms with Crippen molar-refractivity contribution in [3.63, 3.8) is 0 Å². The molecule has 1 aliphatic heterocycles. The number of carbonyl (C=O) groups is 1. The molecule has 0 saturated heterocycles. The number of fused-ring (bicyclic) bond motifs is 4. The fourth-order valence-corrected chi connectivity index (χ4v) is 4.99. The second-order valence-corrected chi connectivity index (χ2v) is 8.22. The number of hydrogen-bond donors (Lipinski definition) is 0. The minimum Gasteiger partial charge on any atom is -0.445 e. The van der Waals surface area contributed by atoms with E-state index in [2.05, 4.69) is 49.7 Å². The predicted molar refractivity (Wildman–Crippen MR) is 121 cm³/mol. The molecule has 3 aromatic carbocycles. The van der Waals surface area contributed by atoms with Crippen LogP contribution in [-0.2, 0) is 31.4 Å². The minimum absolute atomic E-state index is 0.237. The number of ether oxygens (including phenoxy) is 1. The third kappa shape index (κ3) is 2.86. The molecule has 1 aliphatic rings. The highest BCUT2D eigenvalue weighted by Crippen LogP contribution is 2.38. The summed E-state index contributed by atoms with van der Waals surface area (Å²) >= 11 is 0. The van der Waals surface area contributed by atoms with E-state index in [0.717, 1.165) is 12.0 Å². The van der Waals surface area contributed by atoms with Crippen molar-refractivity contribution < 1.29 is 9.53 Å². The molecule has 1 amide bonds. The average molecular weight is 399 g/mol.